The molecule has 1 fully saturated rings. The lowest BCUT2D eigenvalue weighted by molar-refractivity contribution is -0.118. The number of pyridine rings is 1. The summed E-state index contributed by atoms with van der Waals surface area (Å²) in [5, 5.41) is 10.3. The van der Waals surface area contributed by atoms with Gasteiger partial charge in [-0.15, -0.1) is 0 Å². The molecule has 0 bridgehead atoms. The Morgan fingerprint density at radius 3 is 3.05 bits per heavy atom. The number of aromatic nitrogens is 3. The topological polar surface area (TPSA) is 71.8 Å². The molecule has 104 valence electrons. The zero-order chi connectivity index (χ0) is 13.8. The van der Waals surface area contributed by atoms with Gasteiger partial charge < -0.3 is 10.6 Å². The molecule has 1 saturated heterocycles. The molecule has 2 aromatic heterocycles. The molecule has 1 atom stereocenters. The van der Waals surface area contributed by atoms with E-state index in [-0.39, 0.29) is 11.9 Å². The summed E-state index contributed by atoms with van der Waals surface area (Å²) in [5.74, 6) is 0.618. The van der Waals surface area contributed by atoms with Crippen molar-refractivity contribution in [1.82, 2.24) is 20.1 Å². The van der Waals surface area contributed by atoms with Crippen LogP contribution in [0.3, 0.4) is 0 Å². The molecule has 1 aliphatic heterocycles. The van der Waals surface area contributed by atoms with Crippen LogP contribution in [0.25, 0.3) is 5.82 Å². The summed E-state index contributed by atoms with van der Waals surface area (Å²) in [7, 11) is 0. The van der Waals surface area contributed by atoms with Crippen LogP contribution in [0.5, 0.6) is 0 Å². The van der Waals surface area contributed by atoms with Gasteiger partial charge >= 0.3 is 0 Å². The summed E-state index contributed by atoms with van der Waals surface area (Å²) >= 11 is 0. The third kappa shape index (κ3) is 2.70. The Kier molecular flexibility index (Phi) is 3.73. The molecule has 6 heteroatoms. The SMILES string of the molecule is O=C(Nc1cccnc1-n1cccn1)[C@@H]1CCCCN1. The van der Waals surface area contributed by atoms with Crippen molar-refractivity contribution in [3.8, 4) is 5.82 Å². The first-order chi connectivity index (χ1) is 9.84. The molecule has 0 aromatic carbocycles. The van der Waals surface area contributed by atoms with Gasteiger partial charge in [-0.2, -0.15) is 5.10 Å². The van der Waals surface area contributed by atoms with Crippen LogP contribution in [0.4, 0.5) is 5.69 Å². The zero-order valence-electron chi connectivity index (χ0n) is 11.1. The van der Waals surface area contributed by atoms with Crippen LogP contribution in [-0.4, -0.2) is 33.3 Å². The van der Waals surface area contributed by atoms with E-state index < -0.39 is 0 Å². The van der Waals surface area contributed by atoms with Gasteiger partial charge in [0, 0.05) is 18.6 Å². The Hall–Kier alpha value is -2.21. The first-order valence-corrected chi connectivity index (χ1v) is 6.84. The van der Waals surface area contributed by atoms with Crippen LogP contribution >= 0.6 is 0 Å². The number of nitrogens with zero attached hydrogens (tertiary/aromatic N) is 3. The number of carbonyl (C=O) groups excluding carboxylic acids is 1. The zero-order valence-corrected chi connectivity index (χ0v) is 11.1. The molecule has 0 unspecified atom stereocenters. The standard InChI is InChI=1S/C14H17N5O/c20-14(12-5-1-2-7-15-12)18-11-6-3-8-16-13(11)19-10-4-9-17-19/h3-4,6,8-10,12,15H,1-2,5,7H2,(H,18,20)/t12-/m0/s1. The lowest BCUT2D eigenvalue weighted by atomic mass is 10.0. The minimum atomic E-state index is -0.116. The van der Waals surface area contributed by atoms with Crippen molar-refractivity contribution < 1.29 is 4.79 Å². The van der Waals surface area contributed by atoms with Crippen LogP contribution in [-0.2, 0) is 4.79 Å². The molecule has 1 aliphatic rings. The van der Waals surface area contributed by atoms with Crippen molar-refractivity contribution in [2.24, 2.45) is 0 Å². The van der Waals surface area contributed by atoms with Gasteiger partial charge in [0.05, 0.1) is 11.7 Å². The van der Waals surface area contributed by atoms with Crippen molar-refractivity contribution in [3.63, 3.8) is 0 Å². The molecule has 0 radical (unpaired) electrons. The van der Waals surface area contributed by atoms with Gasteiger partial charge in [0.25, 0.3) is 0 Å². The van der Waals surface area contributed by atoms with E-state index in [2.05, 4.69) is 20.7 Å². The van der Waals surface area contributed by atoms with Crippen molar-refractivity contribution in [2.45, 2.75) is 25.3 Å². The van der Waals surface area contributed by atoms with E-state index in [1.165, 1.54) is 0 Å². The Balaban J connectivity index is 1.79. The molecule has 3 heterocycles. The summed E-state index contributed by atoms with van der Waals surface area (Å²) in [4.78, 5) is 16.5. The Labute approximate surface area is 117 Å². The smallest absolute Gasteiger partial charge is 0.241 e. The minimum Gasteiger partial charge on any atom is -0.322 e. The number of anilines is 1. The fourth-order valence-electron chi connectivity index (χ4n) is 2.37. The van der Waals surface area contributed by atoms with Gasteiger partial charge in [0.15, 0.2) is 5.82 Å². The molecular weight excluding hydrogens is 254 g/mol. The van der Waals surface area contributed by atoms with Crippen molar-refractivity contribution in [2.75, 3.05) is 11.9 Å². The highest BCUT2D eigenvalue weighted by molar-refractivity contribution is 5.96. The minimum absolute atomic E-state index is 0.00824. The van der Waals surface area contributed by atoms with Gasteiger partial charge in [-0.05, 0) is 37.6 Å². The summed E-state index contributed by atoms with van der Waals surface area (Å²) in [6, 6.07) is 5.35. The second kappa shape index (κ2) is 5.83. The van der Waals surface area contributed by atoms with E-state index in [9.17, 15) is 4.79 Å². The molecule has 2 N–H and O–H groups in total. The number of nitrogens with one attached hydrogen (secondary N) is 2. The summed E-state index contributed by atoms with van der Waals surface area (Å²) < 4.78 is 1.64. The maximum absolute atomic E-state index is 12.3. The van der Waals surface area contributed by atoms with Crippen LogP contribution in [0, 0.1) is 0 Å². The van der Waals surface area contributed by atoms with Gasteiger partial charge in [0.2, 0.25) is 5.91 Å². The van der Waals surface area contributed by atoms with Crippen molar-refractivity contribution in [3.05, 3.63) is 36.8 Å². The van der Waals surface area contributed by atoms with E-state index in [0.29, 0.717) is 11.5 Å². The van der Waals surface area contributed by atoms with E-state index >= 15 is 0 Å². The summed E-state index contributed by atoms with van der Waals surface area (Å²) in [6.45, 7) is 0.900. The first kappa shape index (κ1) is 12.8. The Morgan fingerprint density at radius 2 is 2.30 bits per heavy atom. The van der Waals surface area contributed by atoms with Gasteiger partial charge in [-0.1, -0.05) is 6.42 Å². The number of rotatable bonds is 3. The van der Waals surface area contributed by atoms with Crippen LogP contribution in [0.2, 0.25) is 0 Å². The van der Waals surface area contributed by atoms with Crippen LogP contribution in [0.15, 0.2) is 36.8 Å². The van der Waals surface area contributed by atoms with Crippen molar-refractivity contribution in [1.29, 1.82) is 0 Å². The van der Waals surface area contributed by atoms with E-state index in [4.69, 9.17) is 0 Å². The summed E-state index contributed by atoms with van der Waals surface area (Å²) in [6.07, 6.45) is 8.27. The molecule has 20 heavy (non-hydrogen) atoms. The van der Waals surface area contributed by atoms with Crippen molar-refractivity contribution >= 4 is 11.6 Å². The highest BCUT2D eigenvalue weighted by atomic mass is 16.2. The fraction of sp³-hybridized carbons (Fsp3) is 0.357. The highest BCUT2D eigenvalue weighted by Crippen LogP contribution is 2.17. The van der Waals surface area contributed by atoms with E-state index in [0.717, 1.165) is 25.8 Å². The molecule has 0 saturated carbocycles. The quantitative estimate of drug-likeness (QED) is 0.884. The van der Waals surface area contributed by atoms with Gasteiger partial charge in [-0.3, -0.25) is 4.79 Å². The number of hydrogen-bond acceptors (Lipinski definition) is 4. The number of hydrogen-bond donors (Lipinski definition) is 2. The van der Waals surface area contributed by atoms with E-state index in [1.807, 2.05) is 12.1 Å². The largest absolute Gasteiger partial charge is 0.322 e. The second-order valence-corrected chi connectivity index (χ2v) is 4.82. The monoisotopic (exact) mass is 271 g/mol. The fourth-order valence-corrected chi connectivity index (χ4v) is 2.37. The average molecular weight is 271 g/mol. The summed E-state index contributed by atoms with van der Waals surface area (Å²) in [5.41, 5.74) is 0.675. The lowest BCUT2D eigenvalue weighted by Gasteiger charge is -2.22. The molecular formula is C14H17N5O. The third-order valence-corrected chi connectivity index (χ3v) is 3.39. The first-order valence-electron chi connectivity index (χ1n) is 6.84. The molecule has 2 aromatic rings. The van der Waals surface area contributed by atoms with Gasteiger partial charge in [-0.25, -0.2) is 9.67 Å². The maximum atomic E-state index is 12.3. The van der Waals surface area contributed by atoms with Crippen LogP contribution in [0.1, 0.15) is 19.3 Å². The Morgan fingerprint density at radius 1 is 1.35 bits per heavy atom. The normalized spacial score (nSPS) is 18.7. The predicted molar refractivity (Wildman–Crippen MR) is 75.6 cm³/mol. The predicted octanol–water partition coefficient (Wildman–Crippen LogP) is 1.35. The number of piperidine rings is 1. The molecule has 0 spiro atoms. The molecule has 0 aliphatic carbocycles. The number of carbonyl (C=O) groups is 1. The second-order valence-electron chi connectivity index (χ2n) is 4.82. The van der Waals surface area contributed by atoms with E-state index in [1.54, 1.807) is 29.3 Å². The maximum Gasteiger partial charge on any atom is 0.241 e. The average Bonchev–Trinajstić information content (AvgIpc) is 3.03. The Bertz CT molecular complexity index is 575. The van der Waals surface area contributed by atoms with Gasteiger partial charge in [0.1, 0.15) is 0 Å². The molecule has 1 amide bonds. The highest BCUT2D eigenvalue weighted by Gasteiger charge is 2.21. The third-order valence-electron chi connectivity index (χ3n) is 3.39. The van der Waals surface area contributed by atoms with Crippen LogP contribution < -0.4 is 10.6 Å². The lowest BCUT2D eigenvalue weighted by Crippen LogP contribution is -2.43. The number of amides is 1. The molecule has 3 rings (SSSR count). The molecule has 6 nitrogen and oxygen atoms in total.